The van der Waals surface area contributed by atoms with Crippen LogP contribution in [-0.2, 0) is 22.6 Å². The minimum atomic E-state index is -4.46. The number of benzene rings is 2. The molecule has 0 aromatic heterocycles. The van der Waals surface area contributed by atoms with Crippen LogP contribution in [0.25, 0.3) is 0 Å². The van der Waals surface area contributed by atoms with Crippen molar-refractivity contribution >= 4 is 15.9 Å². The molecule has 0 fully saturated rings. The van der Waals surface area contributed by atoms with Crippen molar-refractivity contribution in [1.82, 2.24) is 10.0 Å². The lowest BCUT2D eigenvalue weighted by Gasteiger charge is -2.13. The normalized spacial score (nSPS) is 11.6. The van der Waals surface area contributed by atoms with Crippen LogP contribution in [0.1, 0.15) is 21.5 Å². The summed E-state index contributed by atoms with van der Waals surface area (Å²) in [6.07, 6.45) is 0.548. The molecule has 0 unspecified atom stereocenters. The van der Waals surface area contributed by atoms with Gasteiger partial charge in [0, 0.05) is 12.1 Å². The van der Waals surface area contributed by atoms with Crippen LogP contribution in [0.5, 0.6) is 0 Å². The maximum atomic E-state index is 13.0. The lowest BCUT2D eigenvalue weighted by molar-refractivity contribution is -0.138. The van der Waals surface area contributed by atoms with E-state index in [2.05, 4.69) is 16.0 Å². The van der Waals surface area contributed by atoms with Crippen LogP contribution in [0.2, 0.25) is 0 Å². The van der Waals surface area contributed by atoms with Crippen molar-refractivity contribution in [3.05, 3.63) is 65.2 Å². The number of alkyl halides is 3. The minimum absolute atomic E-state index is 0.00386. The molecular formula is C19H17F3N2O3S. The van der Waals surface area contributed by atoms with E-state index in [1.54, 1.807) is 0 Å². The highest BCUT2D eigenvalue weighted by atomic mass is 32.2. The number of rotatable bonds is 7. The van der Waals surface area contributed by atoms with E-state index in [1.807, 2.05) is 0 Å². The number of nitrogens with one attached hydrogen (secondary N) is 2. The third-order valence-electron chi connectivity index (χ3n) is 3.79. The fraction of sp³-hybridized carbons (Fsp3) is 0.211. The first kappa shape index (κ1) is 21.5. The molecule has 0 bridgehead atoms. The topological polar surface area (TPSA) is 75.3 Å². The van der Waals surface area contributed by atoms with Crippen LogP contribution in [0, 0.1) is 12.3 Å². The Labute approximate surface area is 161 Å². The van der Waals surface area contributed by atoms with E-state index in [4.69, 9.17) is 6.42 Å². The molecule has 0 aliphatic carbocycles. The second-order valence-corrected chi connectivity index (χ2v) is 7.48. The van der Waals surface area contributed by atoms with Gasteiger partial charge in [0.15, 0.2) is 0 Å². The predicted molar refractivity (Wildman–Crippen MR) is 97.9 cm³/mol. The average Bonchev–Trinajstić information content (AvgIpc) is 2.66. The Morgan fingerprint density at radius 1 is 1.07 bits per heavy atom. The molecule has 2 rings (SSSR count). The highest BCUT2D eigenvalue weighted by molar-refractivity contribution is 7.89. The molecule has 2 aromatic carbocycles. The van der Waals surface area contributed by atoms with E-state index in [0.717, 1.165) is 6.07 Å². The van der Waals surface area contributed by atoms with Gasteiger partial charge in [0.1, 0.15) is 0 Å². The smallest absolute Gasteiger partial charge is 0.352 e. The maximum absolute atomic E-state index is 13.0. The third-order valence-corrected chi connectivity index (χ3v) is 5.21. The van der Waals surface area contributed by atoms with Gasteiger partial charge in [-0.05, 0) is 42.3 Å². The van der Waals surface area contributed by atoms with Crippen LogP contribution in [0.3, 0.4) is 0 Å². The van der Waals surface area contributed by atoms with Crippen LogP contribution in [0.15, 0.2) is 53.4 Å². The molecule has 1 amide bonds. The van der Waals surface area contributed by atoms with Crippen molar-refractivity contribution in [2.75, 3.05) is 13.1 Å². The molecule has 9 heteroatoms. The summed E-state index contributed by atoms with van der Waals surface area (Å²) in [6, 6.07) is 10.3. The van der Waals surface area contributed by atoms with Crippen LogP contribution in [0.4, 0.5) is 13.2 Å². The number of carbonyl (C=O) groups excluding carboxylic acids is 1. The zero-order chi connectivity index (χ0) is 20.8. The zero-order valence-electron chi connectivity index (χ0n) is 14.6. The Morgan fingerprint density at radius 3 is 2.32 bits per heavy atom. The summed E-state index contributed by atoms with van der Waals surface area (Å²) >= 11 is 0. The summed E-state index contributed by atoms with van der Waals surface area (Å²) in [4.78, 5) is 12.1. The van der Waals surface area contributed by atoms with Gasteiger partial charge >= 0.3 is 6.18 Å². The molecule has 0 atom stereocenters. The predicted octanol–water partition coefficient (Wildman–Crippen LogP) is 2.59. The number of terminal acetylenes is 1. The molecule has 0 radical (unpaired) electrons. The Morgan fingerprint density at radius 2 is 1.71 bits per heavy atom. The molecule has 0 saturated heterocycles. The van der Waals surface area contributed by atoms with Gasteiger partial charge < -0.3 is 5.32 Å². The van der Waals surface area contributed by atoms with E-state index in [-0.39, 0.29) is 35.5 Å². The van der Waals surface area contributed by atoms with E-state index < -0.39 is 27.7 Å². The second kappa shape index (κ2) is 8.91. The van der Waals surface area contributed by atoms with E-state index in [0.29, 0.717) is 0 Å². The summed E-state index contributed by atoms with van der Waals surface area (Å²) in [5.74, 6) is 1.63. The average molecular weight is 410 g/mol. The summed E-state index contributed by atoms with van der Waals surface area (Å²) in [6.45, 7) is -0.167. The molecule has 28 heavy (non-hydrogen) atoms. The summed E-state index contributed by atoms with van der Waals surface area (Å²) < 4.78 is 64.9. The van der Waals surface area contributed by atoms with E-state index >= 15 is 0 Å². The molecule has 2 N–H and O–H groups in total. The molecule has 148 valence electrons. The summed E-state index contributed by atoms with van der Waals surface area (Å²) in [5, 5.41) is 2.52. The quantitative estimate of drug-likeness (QED) is 0.689. The van der Waals surface area contributed by atoms with Crippen molar-refractivity contribution < 1.29 is 26.4 Å². The van der Waals surface area contributed by atoms with Gasteiger partial charge in [-0.25, -0.2) is 8.42 Å². The molecule has 0 saturated carbocycles. The molecule has 5 nitrogen and oxygen atoms in total. The van der Waals surface area contributed by atoms with E-state index in [1.165, 1.54) is 42.5 Å². The van der Waals surface area contributed by atoms with Crippen LogP contribution < -0.4 is 10.0 Å². The molecule has 0 heterocycles. The zero-order valence-corrected chi connectivity index (χ0v) is 15.4. The Balaban J connectivity index is 1.99. The first-order valence-corrected chi connectivity index (χ1v) is 9.60. The Hall–Kier alpha value is -2.83. The van der Waals surface area contributed by atoms with Crippen molar-refractivity contribution in [2.24, 2.45) is 0 Å². The van der Waals surface area contributed by atoms with Crippen molar-refractivity contribution in [3.63, 3.8) is 0 Å². The number of amides is 1. The van der Waals surface area contributed by atoms with Gasteiger partial charge in [0.05, 0.1) is 17.0 Å². The lowest BCUT2D eigenvalue weighted by atomic mass is 10.0. The minimum Gasteiger partial charge on any atom is -0.352 e. The summed E-state index contributed by atoms with van der Waals surface area (Å²) in [7, 11) is -3.77. The first-order chi connectivity index (χ1) is 13.1. The molecule has 0 aliphatic rings. The fourth-order valence-electron chi connectivity index (χ4n) is 2.43. The van der Waals surface area contributed by atoms with Gasteiger partial charge in [-0.3, -0.25) is 4.79 Å². The molecule has 0 spiro atoms. The van der Waals surface area contributed by atoms with Crippen molar-refractivity contribution in [3.8, 4) is 12.3 Å². The lowest BCUT2D eigenvalue weighted by Crippen LogP contribution is -2.27. The fourth-order valence-corrected chi connectivity index (χ4v) is 3.37. The van der Waals surface area contributed by atoms with Gasteiger partial charge in [-0.15, -0.1) is 6.42 Å². The monoisotopic (exact) mass is 410 g/mol. The second-order valence-electron chi connectivity index (χ2n) is 5.71. The highest BCUT2D eigenvalue weighted by Gasteiger charge is 2.32. The standard InChI is InChI=1S/C19H17F3N2O3S/c1-2-12-24-28(26,27)16-9-7-15(8-10-16)18(25)23-13-11-14-5-3-4-6-17(14)19(20,21)22/h1,3-10,24H,11-13H2,(H,23,25). The molecule has 0 aliphatic heterocycles. The first-order valence-electron chi connectivity index (χ1n) is 8.11. The van der Waals surface area contributed by atoms with Crippen LogP contribution >= 0.6 is 0 Å². The third kappa shape index (κ3) is 5.58. The highest BCUT2D eigenvalue weighted by Crippen LogP contribution is 2.31. The maximum Gasteiger partial charge on any atom is 0.416 e. The van der Waals surface area contributed by atoms with Gasteiger partial charge in [-0.2, -0.15) is 17.9 Å². The van der Waals surface area contributed by atoms with Crippen molar-refractivity contribution in [2.45, 2.75) is 17.5 Å². The Bertz CT molecular complexity index is 979. The number of hydrogen-bond acceptors (Lipinski definition) is 3. The van der Waals surface area contributed by atoms with Gasteiger partial charge in [0.25, 0.3) is 5.91 Å². The van der Waals surface area contributed by atoms with Crippen LogP contribution in [-0.4, -0.2) is 27.4 Å². The summed E-state index contributed by atoms with van der Waals surface area (Å²) in [5.41, 5.74) is -0.477. The SMILES string of the molecule is C#CCNS(=O)(=O)c1ccc(C(=O)NCCc2ccccc2C(F)(F)F)cc1. The van der Waals surface area contributed by atoms with Gasteiger partial charge in [0.2, 0.25) is 10.0 Å². The Kier molecular flexibility index (Phi) is 6.83. The largest absolute Gasteiger partial charge is 0.416 e. The number of halogens is 3. The van der Waals surface area contributed by atoms with E-state index in [9.17, 15) is 26.4 Å². The van der Waals surface area contributed by atoms with Crippen molar-refractivity contribution in [1.29, 1.82) is 0 Å². The number of sulfonamides is 1. The molecular weight excluding hydrogens is 393 g/mol. The molecule has 2 aromatic rings. The number of hydrogen-bond donors (Lipinski definition) is 2. The number of carbonyl (C=O) groups is 1. The van der Waals surface area contributed by atoms with Gasteiger partial charge in [-0.1, -0.05) is 24.1 Å².